The van der Waals surface area contributed by atoms with Crippen LogP contribution in [0.15, 0.2) is 29.0 Å². The normalized spacial score (nSPS) is 10.3. The van der Waals surface area contributed by atoms with Gasteiger partial charge in [0, 0.05) is 4.47 Å². The van der Waals surface area contributed by atoms with Gasteiger partial charge in [-0.1, -0.05) is 39.1 Å². The number of halogens is 3. The molecule has 0 radical (unpaired) electrons. The van der Waals surface area contributed by atoms with Crippen LogP contribution in [-0.4, -0.2) is 14.9 Å². The van der Waals surface area contributed by atoms with Crippen LogP contribution < -0.4 is 4.74 Å². The summed E-state index contributed by atoms with van der Waals surface area (Å²) in [5.41, 5.74) is -0.511. The molecular weight excluding hydrogens is 361 g/mol. The summed E-state index contributed by atoms with van der Waals surface area (Å²) in [6, 6.07) is 4.81. The summed E-state index contributed by atoms with van der Waals surface area (Å²) < 4.78 is 6.06. The number of hydrogen-bond acceptors (Lipinski definition) is 5. The van der Waals surface area contributed by atoms with Gasteiger partial charge in [0.15, 0.2) is 0 Å². The van der Waals surface area contributed by atoms with Gasteiger partial charge >= 0.3 is 11.6 Å². The zero-order valence-electron chi connectivity index (χ0n) is 9.01. The lowest BCUT2D eigenvalue weighted by Gasteiger charge is -2.07. The molecule has 1 aromatic carbocycles. The quantitative estimate of drug-likeness (QED) is 0.462. The second-order valence-corrected chi connectivity index (χ2v) is 4.93. The lowest BCUT2D eigenvalue weighted by Crippen LogP contribution is -1.98. The van der Waals surface area contributed by atoms with Gasteiger partial charge < -0.3 is 4.74 Å². The Balaban J connectivity index is 2.44. The first-order valence-corrected chi connectivity index (χ1v) is 6.31. The average molecular weight is 365 g/mol. The lowest BCUT2D eigenvalue weighted by molar-refractivity contribution is -0.386. The van der Waals surface area contributed by atoms with Crippen molar-refractivity contribution in [3.05, 3.63) is 49.3 Å². The van der Waals surface area contributed by atoms with Crippen LogP contribution in [-0.2, 0) is 0 Å². The number of ether oxygens (including phenoxy) is 1. The molecule has 0 aliphatic rings. The van der Waals surface area contributed by atoms with Crippen molar-refractivity contribution in [1.29, 1.82) is 0 Å². The molecule has 2 aromatic rings. The highest BCUT2D eigenvalue weighted by atomic mass is 79.9. The molecule has 0 amide bonds. The van der Waals surface area contributed by atoms with Crippen molar-refractivity contribution >= 4 is 44.8 Å². The standard InChI is InChI=1S/C10H4BrCl2N3O3/c11-5-1-2-7(6(12)3-5)19-10-8(16(17)18)9(13)14-4-15-10/h1-4H. The summed E-state index contributed by atoms with van der Waals surface area (Å²) in [5, 5.41) is 10.9. The molecule has 0 spiro atoms. The van der Waals surface area contributed by atoms with Gasteiger partial charge in [-0.3, -0.25) is 10.1 Å². The van der Waals surface area contributed by atoms with E-state index in [1.54, 1.807) is 18.2 Å². The van der Waals surface area contributed by atoms with E-state index in [-0.39, 0.29) is 21.8 Å². The zero-order chi connectivity index (χ0) is 14.0. The van der Waals surface area contributed by atoms with E-state index in [4.69, 9.17) is 27.9 Å². The number of aromatic nitrogens is 2. The van der Waals surface area contributed by atoms with Crippen molar-refractivity contribution < 1.29 is 9.66 Å². The first kappa shape index (κ1) is 14.0. The Labute approximate surface area is 125 Å². The molecule has 0 fully saturated rings. The zero-order valence-corrected chi connectivity index (χ0v) is 12.1. The van der Waals surface area contributed by atoms with E-state index in [1.165, 1.54) is 0 Å². The molecule has 0 aliphatic carbocycles. The second-order valence-electron chi connectivity index (χ2n) is 3.25. The Morgan fingerprint density at radius 1 is 1.32 bits per heavy atom. The molecule has 0 unspecified atom stereocenters. The van der Waals surface area contributed by atoms with Crippen LogP contribution in [0.25, 0.3) is 0 Å². The van der Waals surface area contributed by atoms with Gasteiger partial charge in [0.25, 0.3) is 0 Å². The third-order valence-electron chi connectivity index (χ3n) is 2.03. The first-order chi connectivity index (χ1) is 8.99. The Morgan fingerprint density at radius 3 is 2.68 bits per heavy atom. The van der Waals surface area contributed by atoms with E-state index >= 15 is 0 Å². The van der Waals surface area contributed by atoms with E-state index in [0.717, 1.165) is 10.8 Å². The van der Waals surface area contributed by atoms with E-state index in [2.05, 4.69) is 25.9 Å². The van der Waals surface area contributed by atoms with Crippen LogP contribution in [0.3, 0.4) is 0 Å². The van der Waals surface area contributed by atoms with Gasteiger partial charge in [-0.05, 0) is 18.2 Å². The molecular formula is C10H4BrCl2N3O3. The van der Waals surface area contributed by atoms with Crippen LogP contribution in [0.2, 0.25) is 10.2 Å². The van der Waals surface area contributed by atoms with Crippen LogP contribution in [0.5, 0.6) is 11.6 Å². The third kappa shape index (κ3) is 3.12. The molecule has 19 heavy (non-hydrogen) atoms. The minimum Gasteiger partial charge on any atom is -0.432 e. The molecule has 9 heteroatoms. The Bertz CT molecular complexity index is 654. The predicted octanol–water partition coefficient (Wildman–Crippen LogP) is 4.25. The summed E-state index contributed by atoms with van der Waals surface area (Å²) in [7, 11) is 0. The van der Waals surface area contributed by atoms with Gasteiger partial charge in [0.2, 0.25) is 5.15 Å². The maximum atomic E-state index is 10.9. The smallest absolute Gasteiger partial charge is 0.368 e. The van der Waals surface area contributed by atoms with Crippen molar-refractivity contribution in [2.45, 2.75) is 0 Å². The number of nitrogens with zero attached hydrogens (tertiary/aromatic N) is 3. The predicted molar refractivity (Wildman–Crippen MR) is 72.9 cm³/mol. The van der Waals surface area contributed by atoms with Gasteiger partial charge in [-0.25, -0.2) is 4.98 Å². The summed E-state index contributed by atoms with van der Waals surface area (Å²) in [6.07, 6.45) is 1.07. The van der Waals surface area contributed by atoms with Crippen LogP contribution in [0, 0.1) is 10.1 Å². The fraction of sp³-hybridized carbons (Fsp3) is 0. The topological polar surface area (TPSA) is 78.2 Å². The second kappa shape index (κ2) is 5.68. The summed E-state index contributed by atoms with van der Waals surface area (Å²) in [6.45, 7) is 0. The third-order valence-corrected chi connectivity index (χ3v) is 3.09. The van der Waals surface area contributed by atoms with Crippen molar-refractivity contribution in [1.82, 2.24) is 9.97 Å². The average Bonchev–Trinajstić information content (AvgIpc) is 2.32. The molecule has 98 valence electrons. The SMILES string of the molecule is O=[N+]([O-])c1c(Cl)ncnc1Oc1ccc(Br)cc1Cl. The van der Waals surface area contributed by atoms with Gasteiger partial charge in [-0.2, -0.15) is 4.98 Å². The maximum absolute atomic E-state index is 10.9. The molecule has 1 heterocycles. The minimum absolute atomic E-state index is 0.225. The summed E-state index contributed by atoms with van der Waals surface area (Å²) >= 11 is 14.8. The van der Waals surface area contributed by atoms with Gasteiger partial charge in [-0.15, -0.1) is 0 Å². The molecule has 0 saturated heterocycles. The lowest BCUT2D eigenvalue weighted by atomic mass is 10.3. The van der Waals surface area contributed by atoms with Crippen LogP contribution >= 0.6 is 39.1 Å². The van der Waals surface area contributed by atoms with Crippen LogP contribution in [0.4, 0.5) is 5.69 Å². The van der Waals surface area contributed by atoms with E-state index < -0.39 is 10.6 Å². The molecule has 0 aliphatic heterocycles. The molecule has 6 nitrogen and oxygen atoms in total. The Hall–Kier alpha value is -1.44. The van der Waals surface area contributed by atoms with Crippen molar-refractivity contribution in [2.75, 3.05) is 0 Å². The van der Waals surface area contributed by atoms with Crippen LogP contribution in [0.1, 0.15) is 0 Å². The van der Waals surface area contributed by atoms with Gasteiger partial charge in [0.05, 0.1) is 9.95 Å². The van der Waals surface area contributed by atoms with Gasteiger partial charge in [0.1, 0.15) is 12.1 Å². The molecule has 0 saturated carbocycles. The van der Waals surface area contributed by atoms with Crippen molar-refractivity contribution in [3.8, 4) is 11.6 Å². The minimum atomic E-state index is -0.718. The molecule has 0 atom stereocenters. The van der Waals surface area contributed by atoms with E-state index in [0.29, 0.717) is 0 Å². The maximum Gasteiger partial charge on any atom is 0.368 e. The summed E-state index contributed by atoms with van der Waals surface area (Å²) in [4.78, 5) is 17.4. The summed E-state index contributed by atoms with van der Waals surface area (Å²) in [5.74, 6) is -0.0445. The van der Waals surface area contributed by atoms with E-state index in [1.807, 2.05) is 0 Å². The van der Waals surface area contributed by atoms with E-state index in [9.17, 15) is 10.1 Å². The number of nitro groups is 1. The fourth-order valence-electron chi connectivity index (χ4n) is 1.23. The van der Waals surface area contributed by atoms with Crippen molar-refractivity contribution in [2.24, 2.45) is 0 Å². The van der Waals surface area contributed by atoms with Crippen molar-refractivity contribution in [3.63, 3.8) is 0 Å². The Kier molecular flexibility index (Phi) is 4.18. The number of benzene rings is 1. The monoisotopic (exact) mass is 363 g/mol. The Morgan fingerprint density at radius 2 is 2.05 bits per heavy atom. The largest absolute Gasteiger partial charge is 0.432 e. The first-order valence-electron chi connectivity index (χ1n) is 4.77. The highest BCUT2D eigenvalue weighted by molar-refractivity contribution is 9.10. The molecule has 0 N–H and O–H groups in total. The number of hydrogen-bond donors (Lipinski definition) is 0. The number of rotatable bonds is 3. The highest BCUT2D eigenvalue weighted by Crippen LogP contribution is 2.36. The fourth-order valence-corrected chi connectivity index (χ4v) is 2.14. The highest BCUT2D eigenvalue weighted by Gasteiger charge is 2.24. The molecule has 1 aromatic heterocycles. The molecule has 0 bridgehead atoms. The molecule has 2 rings (SSSR count).